The van der Waals surface area contributed by atoms with Gasteiger partial charge in [-0.3, -0.25) is 24.1 Å². The number of aryl methyl sites for hydroxylation is 1. The lowest BCUT2D eigenvalue weighted by molar-refractivity contribution is -0.147. The second kappa shape index (κ2) is 8.04. The number of likely N-dealkylation sites (N-methyl/N-ethyl adjacent to an activating group) is 1. The lowest BCUT2D eigenvalue weighted by Gasteiger charge is -2.17. The Bertz CT molecular complexity index is 939. The van der Waals surface area contributed by atoms with Crippen molar-refractivity contribution >= 4 is 29.4 Å². The van der Waals surface area contributed by atoms with Gasteiger partial charge in [-0.1, -0.05) is 29.8 Å². The van der Waals surface area contributed by atoms with Crippen molar-refractivity contribution in [1.82, 2.24) is 4.90 Å². The first-order valence-corrected chi connectivity index (χ1v) is 8.82. The molecule has 0 fully saturated rings. The predicted molar refractivity (Wildman–Crippen MR) is 102 cm³/mol. The molecule has 0 unspecified atom stereocenters. The summed E-state index contributed by atoms with van der Waals surface area (Å²) in [6.45, 7) is 1.33. The van der Waals surface area contributed by atoms with Crippen LogP contribution in [0.25, 0.3) is 0 Å². The summed E-state index contributed by atoms with van der Waals surface area (Å²) in [5, 5.41) is 0. The van der Waals surface area contributed by atoms with Crippen molar-refractivity contribution in [2.24, 2.45) is 0 Å². The normalized spacial score (nSPS) is 12.7. The number of benzene rings is 2. The summed E-state index contributed by atoms with van der Waals surface area (Å²) < 4.78 is 4.99. The van der Waals surface area contributed by atoms with Gasteiger partial charge in [0.25, 0.3) is 17.7 Å². The molecule has 28 heavy (non-hydrogen) atoms. The second-order valence-electron chi connectivity index (χ2n) is 6.51. The third-order valence-corrected chi connectivity index (χ3v) is 4.54. The monoisotopic (exact) mass is 380 g/mol. The van der Waals surface area contributed by atoms with E-state index in [0.717, 1.165) is 10.5 Å². The van der Waals surface area contributed by atoms with Crippen LogP contribution in [-0.2, 0) is 14.3 Å². The zero-order valence-electron chi connectivity index (χ0n) is 15.7. The molecule has 0 aromatic heterocycles. The van der Waals surface area contributed by atoms with Crippen molar-refractivity contribution < 1.29 is 23.9 Å². The molecule has 144 valence electrons. The van der Waals surface area contributed by atoms with Gasteiger partial charge in [0.2, 0.25) is 0 Å². The third kappa shape index (κ3) is 3.93. The van der Waals surface area contributed by atoms with Gasteiger partial charge in [-0.2, -0.15) is 0 Å². The summed E-state index contributed by atoms with van der Waals surface area (Å²) in [5.74, 6) is -1.87. The average molecular weight is 380 g/mol. The highest BCUT2D eigenvalue weighted by Crippen LogP contribution is 2.24. The Morgan fingerprint density at radius 2 is 1.68 bits per heavy atom. The number of rotatable bonds is 6. The van der Waals surface area contributed by atoms with Crippen LogP contribution in [0, 0.1) is 6.92 Å². The fourth-order valence-corrected chi connectivity index (χ4v) is 2.92. The van der Waals surface area contributed by atoms with Gasteiger partial charge in [-0.05, 0) is 31.2 Å². The number of amides is 3. The molecule has 0 saturated heterocycles. The largest absolute Gasteiger partial charge is 0.455 e. The molecule has 0 aliphatic carbocycles. The van der Waals surface area contributed by atoms with E-state index < -0.39 is 24.4 Å². The van der Waals surface area contributed by atoms with E-state index in [1.165, 1.54) is 4.90 Å². The standard InChI is InChI=1S/C21H20N2O5/c1-14-8-9-16-17(12-14)21(27)23(20(16)26)11-10-19(25)28-13-18(24)22(2)15-6-4-3-5-7-15/h3-9,12H,10-11,13H2,1-2H3. The Kier molecular flexibility index (Phi) is 5.54. The van der Waals surface area contributed by atoms with Gasteiger partial charge in [-0.25, -0.2) is 0 Å². The summed E-state index contributed by atoms with van der Waals surface area (Å²) in [7, 11) is 1.59. The van der Waals surface area contributed by atoms with E-state index in [0.29, 0.717) is 16.8 Å². The maximum absolute atomic E-state index is 12.4. The molecule has 2 aromatic carbocycles. The van der Waals surface area contributed by atoms with E-state index in [1.54, 1.807) is 49.5 Å². The Morgan fingerprint density at radius 1 is 1.00 bits per heavy atom. The lowest BCUT2D eigenvalue weighted by atomic mass is 10.1. The summed E-state index contributed by atoms with van der Waals surface area (Å²) in [4.78, 5) is 51.2. The number of anilines is 1. The number of esters is 1. The summed E-state index contributed by atoms with van der Waals surface area (Å²) in [6.07, 6.45) is -0.174. The number of fused-ring (bicyclic) bond motifs is 1. The van der Waals surface area contributed by atoms with Crippen molar-refractivity contribution in [3.05, 3.63) is 65.2 Å². The van der Waals surface area contributed by atoms with Crippen LogP contribution in [0.5, 0.6) is 0 Å². The molecule has 1 heterocycles. The topological polar surface area (TPSA) is 84.0 Å². The van der Waals surface area contributed by atoms with Crippen molar-refractivity contribution in [3.8, 4) is 0 Å². The van der Waals surface area contributed by atoms with Gasteiger partial charge in [0.15, 0.2) is 6.61 Å². The summed E-state index contributed by atoms with van der Waals surface area (Å²) in [5.41, 5.74) is 2.24. The van der Waals surface area contributed by atoms with Crippen molar-refractivity contribution in [1.29, 1.82) is 0 Å². The minimum absolute atomic E-state index is 0.0903. The number of hydrogen-bond donors (Lipinski definition) is 0. The average Bonchev–Trinajstić information content (AvgIpc) is 2.94. The summed E-state index contributed by atoms with van der Waals surface area (Å²) in [6, 6.07) is 14.0. The molecule has 0 atom stereocenters. The smallest absolute Gasteiger partial charge is 0.308 e. The highest BCUT2D eigenvalue weighted by atomic mass is 16.5. The molecular formula is C21H20N2O5. The molecule has 0 N–H and O–H groups in total. The number of ether oxygens (including phenoxy) is 1. The zero-order valence-corrected chi connectivity index (χ0v) is 15.7. The van der Waals surface area contributed by atoms with Crippen molar-refractivity contribution in [2.45, 2.75) is 13.3 Å². The third-order valence-electron chi connectivity index (χ3n) is 4.54. The predicted octanol–water partition coefficient (Wildman–Crippen LogP) is 2.19. The first-order chi connectivity index (χ1) is 13.4. The van der Waals surface area contributed by atoms with Gasteiger partial charge in [0, 0.05) is 19.3 Å². The number of carbonyl (C=O) groups is 4. The molecule has 1 aliphatic heterocycles. The van der Waals surface area contributed by atoms with Gasteiger partial charge >= 0.3 is 5.97 Å². The first kappa shape index (κ1) is 19.3. The van der Waals surface area contributed by atoms with Crippen molar-refractivity contribution in [2.75, 3.05) is 25.1 Å². The van der Waals surface area contributed by atoms with Crippen molar-refractivity contribution in [3.63, 3.8) is 0 Å². The highest BCUT2D eigenvalue weighted by Gasteiger charge is 2.35. The molecular weight excluding hydrogens is 360 g/mol. The van der Waals surface area contributed by atoms with Crippen LogP contribution in [0.2, 0.25) is 0 Å². The molecule has 0 radical (unpaired) electrons. The molecule has 7 nitrogen and oxygen atoms in total. The van der Waals surface area contributed by atoms with Crippen LogP contribution in [0.4, 0.5) is 5.69 Å². The Hall–Kier alpha value is -3.48. The molecule has 3 amide bonds. The fraction of sp³-hybridized carbons (Fsp3) is 0.238. The van der Waals surface area contributed by atoms with Crippen LogP contribution in [0.15, 0.2) is 48.5 Å². The Labute approximate surface area is 162 Å². The van der Waals surface area contributed by atoms with E-state index in [1.807, 2.05) is 13.0 Å². The number of carbonyl (C=O) groups excluding carboxylic acids is 4. The molecule has 1 aliphatic rings. The SMILES string of the molecule is Cc1ccc2c(c1)C(=O)N(CCC(=O)OCC(=O)N(C)c1ccccc1)C2=O. The van der Waals surface area contributed by atoms with E-state index in [-0.39, 0.29) is 18.9 Å². The minimum atomic E-state index is -0.650. The maximum atomic E-state index is 12.4. The lowest BCUT2D eigenvalue weighted by Crippen LogP contribution is -2.34. The zero-order chi connectivity index (χ0) is 20.3. The van der Waals surface area contributed by atoms with E-state index >= 15 is 0 Å². The summed E-state index contributed by atoms with van der Waals surface area (Å²) >= 11 is 0. The van der Waals surface area contributed by atoms with Gasteiger partial charge < -0.3 is 9.64 Å². The fourth-order valence-electron chi connectivity index (χ4n) is 2.92. The quantitative estimate of drug-likeness (QED) is 0.567. The van der Waals surface area contributed by atoms with Gasteiger partial charge in [0.1, 0.15) is 0 Å². The maximum Gasteiger partial charge on any atom is 0.308 e. The molecule has 2 aromatic rings. The Balaban J connectivity index is 1.50. The minimum Gasteiger partial charge on any atom is -0.455 e. The Morgan fingerprint density at radius 3 is 2.39 bits per heavy atom. The molecule has 3 rings (SSSR count). The number of hydrogen-bond acceptors (Lipinski definition) is 5. The molecule has 7 heteroatoms. The van der Waals surface area contributed by atoms with Crippen LogP contribution < -0.4 is 4.90 Å². The van der Waals surface area contributed by atoms with Crippen LogP contribution in [-0.4, -0.2) is 48.8 Å². The molecule has 0 spiro atoms. The van der Waals surface area contributed by atoms with Crippen LogP contribution in [0.1, 0.15) is 32.7 Å². The molecule has 0 bridgehead atoms. The molecule has 0 saturated carbocycles. The van der Waals surface area contributed by atoms with E-state index in [4.69, 9.17) is 4.74 Å². The van der Waals surface area contributed by atoms with Gasteiger partial charge in [-0.15, -0.1) is 0 Å². The number of nitrogens with zero attached hydrogens (tertiary/aromatic N) is 2. The number of para-hydroxylation sites is 1. The van der Waals surface area contributed by atoms with Crippen LogP contribution >= 0.6 is 0 Å². The second-order valence-corrected chi connectivity index (χ2v) is 6.51. The van der Waals surface area contributed by atoms with Gasteiger partial charge in [0.05, 0.1) is 17.5 Å². The van der Waals surface area contributed by atoms with E-state index in [9.17, 15) is 19.2 Å². The number of imide groups is 1. The highest BCUT2D eigenvalue weighted by molar-refractivity contribution is 6.21. The van der Waals surface area contributed by atoms with Crippen LogP contribution in [0.3, 0.4) is 0 Å². The first-order valence-electron chi connectivity index (χ1n) is 8.82. The van der Waals surface area contributed by atoms with E-state index in [2.05, 4.69) is 0 Å².